The summed E-state index contributed by atoms with van der Waals surface area (Å²) in [6, 6.07) is 1.64. The molecule has 0 bridgehead atoms. The summed E-state index contributed by atoms with van der Waals surface area (Å²) in [4.78, 5) is 64.2. The van der Waals surface area contributed by atoms with Crippen molar-refractivity contribution < 1.29 is 33.4 Å². The Morgan fingerprint density at radius 2 is 1.74 bits per heavy atom. The number of ketones is 1. The van der Waals surface area contributed by atoms with Crippen LogP contribution in [0, 0.1) is 5.41 Å². The SMILES string of the molecule is COC(=O)c1ccc(OC)c(NC(=O)C(C(=O)C(C)(C)C)N2C(=O)NC(C)(C)C2=O)c1. The third-order valence-electron chi connectivity index (χ3n) is 4.76. The molecule has 1 aromatic carbocycles. The Bertz CT molecular complexity index is 947. The van der Waals surface area contributed by atoms with Gasteiger partial charge in [-0.15, -0.1) is 0 Å². The lowest BCUT2D eigenvalue weighted by atomic mass is 9.85. The van der Waals surface area contributed by atoms with E-state index >= 15 is 0 Å². The Labute approximate surface area is 180 Å². The molecule has 31 heavy (non-hydrogen) atoms. The van der Waals surface area contributed by atoms with E-state index in [0.29, 0.717) is 4.90 Å². The van der Waals surface area contributed by atoms with E-state index in [1.54, 1.807) is 20.8 Å². The summed E-state index contributed by atoms with van der Waals surface area (Å²) < 4.78 is 9.89. The number of methoxy groups -OCH3 is 2. The van der Waals surface area contributed by atoms with Gasteiger partial charge in [-0.1, -0.05) is 20.8 Å². The molecule has 0 aromatic heterocycles. The number of anilines is 1. The van der Waals surface area contributed by atoms with Crippen LogP contribution in [0.2, 0.25) is 0 Å². The molecule has 1 fully saturated rings. The van der Waals surface area contributed by atoms with Gasteiger partial charge in [-0.3, -0.25) is 14.4 Å². The van der Waals surface area contributed by atoms with Gasteiger partial charge in [-0.2, -0.15) is 0 Å². The Kier molecular flexibility index (Phi) is 6.43. The minimum atomic E-state index is -1.72. The molecular weight excluding hydrogens is 406 g/mol. The predicted molar refractivity (Wildman–Crippen MR) is 111 cm³/mol. The number of Topliss-reactive ketones (excluding diaryl/α,β-unsaturated/α-hetero) is 1. The van der Waals surface area contributed by atoms with Crippen LogP contribution in [0.25, 0.3) is 0 Å². The number of hydrogen-bond donors (Lipinski definition) is 2. The maximum atomic E-state index is 13.2. The summed E-state index contributed by atoms with van der Waals surface area (Å²) >= 11 is 0. The maximum Gasteiger partial charge on any atom is 0.337 e. The highest BCUT2D eigenvalue weighted by atomic mass is 16.5. The Morgan fingerprint density at radius 3 is 2.19 bits per heavy atom. The van der Waals surface area contributed by atoms with Crippen molar-refractivity contribution in [3.63, 3.8) is 0 Å². The molecule has 2 rings (SSSR count). The maximum absolute atomic E-state index is 13.2. The van der Waals surface area contributed by atoms with Gasteiger partial charge in [0.05, 0.1) is 25.5 Å². The second-order valence-corrected chi connectivity index (χ2v) is 8.64. The Hall–Kier alpha value is -3.43. The number of esters is 1. The number of urea groups is 1. The zero-order chi connectivity index (χ0) is 23.7. The zero-order valence-electron chi connectivity index (χ0n) is 18.6. The lowest BCUT2D eigenvalue weighted by Gasteiger charge is -2.29. The third kappa shape index (κ3) is 4.68. The summed E-state index contributed by atoms with van der Waals surface area (Å²) in [7, 11) is 2.57. The van der Waals surface area contributed by atoms with E-state index < -0.39 is 46.6 Å². The van der Waals surface area contributed by atoms with E-state index in [1.807, 2.05) is 0 Å². The van der Waals surface area contributed by atoms with Crippen molar-refractivity contribution in [3.05, 3.63) is 23.8 Å². The number of benzene rings is 1. The third-order valence-corrected chi connectivity index (χ3v) is 4.76. The van der Waals surface area contributed by atoms with Gasteiger partial charge in [-0.25, -0.2) is 14.5 Å². The summed E-state index contributed by atoms with van der Waals surface area (Å²) in [5, 5.41) is 4.98. The summed E-state index contributed by atoms with van der Waals surface area (Å²) in [6.45, 7) is 7.70. The van der Waals surface area contributed by atoms with Gasteiger partial charge in [0.15, 0.2) is 11.8 Å². The van der Waals surface area contributed by atoms with Crippen LogP contribution in [0.4, 0.5) is 10.5 Å². The van der Waals surface area contributed by atoms with Gasteiger partial charge in [0.25, 0.3) is 11.8 Å². The highest BCUT2D eigenvalue weighted by Gasteiger charge is 2.53. The molecule has 10 nitrogen and oxygen atoms in total. The van der Waals surface area contributed by atoms with Crippen LogP contribution in [0.15, 0.2) is 18.2 Å². The minimum Gasteiger partial charge on any atom is -0.495 e. The molecule has 1 saturated heterocycles. The molecule has 0 aliphatic carbocycles. The van der Waals surface area contributed by atoms with Gasteiger partial charge in [0.2, 0.25) is 0 Å². The summed E-state index contributed by atoms with van der Waals surface area (Å²) in [5.41, 5.74) is -2.09. The summed E-state index contributed by atoms with van der Waals surface area (Å²) in [6.07, 6.45) is 0. The molecule has 1 atom stereocenters. The second kappa shape index (κ2) is 8.37. The molecule has 168 valence electrons. The van der Waals surface area contributed by atoms with Crippen molar-refractivity contribution in [2.45, 2.75) is 46.2 Å². The van der Waals surface area contributed by atoms with Crippen LogP contribution < -0.4 is 15.4 Å². The fourth-order valence-corrected chi connectivity index (χ4v) is 3.02. The average Bonchev–Trinajstić information content (AvgIpc) is 2.88. The molecule has 1 unspecified atom stereocenters. The first-order valence-electron chi connectivity index (χ1n) is 9.52. The fraction of sp³-hybridized carbons (Fsp3) is 0.476. The van der Waals surface area contributed by atoms with E-state index in [-0.39, 0.29) is 17.0 Å². The van der Waals surface area contributed by atoms with Crippen molar-refractivity contribution in [2.24, 2.45) is 5.41 Å². The molecule has 4 amide bonds. The number of nitrogens with zero attached hydrogens (tertiary/aromatic N) is 1. The Morgan fingerprint density at radius 1 is 1.13 bits per heavy atom. The standard InChI is InChI=1S/C21H27N3O7/c1-20(2,3)15(25)14(24-18(28)21(4,5)23-19(24)29)16(26)22-12-10-11(17(27)31-7)8-9-13(12)30-6/h8-10,14H,1-7H3,(H,22,26)(H,23,29). The van der Waals surface area contributed by atoms with Crippen LogP contribution in [0.1, 0.15) is 45.0 Å². The van der Waals surface area contributed by atoms with Crippen molar-refractivity contribution in [1.82, 2.24) is 10.2 Å². The normalized spacial score (nSPS) is 16.4. The first-order chi connectivity index (χ1) is 14.2. The second-order valence-electron chi connectivity index (χ2n) is 8.64. The largest absolute Gasteiger partial charge is 0.495 e. The quantitative estimate of drug-likeness (QED) is 0.397. The van der Waals surface area contributed by atoms with E-state index in [4.69, 9.17) is 4.74 Å². The predicted octanol–water partition coefficient (Wildman–Crippen LogP) is 1.73. The highest BCUT2D eigenvalue weighted by molar-refractivity contribution is 6.20. The molecule has 0 spiro atoms. The smallest absolute Gasteiger partial charge is 0.337 e. The van der Waals surface area contributed by atoms with Gasteiger partial charge in [0, 0.05) is 5.41 Å². The molecule has 1 aliphatic rings. The van der Waals surface area contributed by atoms with Gasteiger partial charge in [0.1, 0.15) is 11.3 Å². The number of imide groups is 1. The topological polar surface area (TPSA) is 131 Å². The molecule has 0 saturated carbocycles. The molecule has 0 radical (unpaired) electrons. The van der Waals surface area contributed by atoms with Gasteiger partial charge < -0.3 is 20.1 Å². The number of carbonyl (C=O) groups is 5. The van der Waals surface area contributed by atoms with Gasteiger partial charge >= 0.3 is 12.0 Å². The van der Waals surface area contributed by atoms with Crippen molar-refractivity contribution in [3.8, 4) is 5.75 Å². The molecule has 1 aliphatic heterocycles. The zero-order valence-corrected chi connectivity index (χ0v) is 18.6. The lowest BCUT2D eigenvalue weighted by molar-refractivity contribution is -0.144. The summed E-state index contributed by atoms with van der Waals surface area (Å²) in [5.74, 6) is -2.68. The first-order valence-corrected chi connectivity index (χ1v) is 9.52. The number of ether oxygens (including phenoxy) is 2. The molecular formula is C21H27N3O7. The minimum absolute atomic E-state index is 0.0772. The van der Waals surface area contributed by atoms with Crippen LogP contribution in [0.3, 0.4) is 0 Å². The Balaban J connectivity index is 2.50. The fourth-order valence-electron chi connectivity index (χ4n) is 3.02. The van der Waals surface area contributed by atoms with E-state index in [2.05, 4.69) is 15.4 Å². The number of nitrogens with one attached hydrogen (secondary N) is 2. The molecule has 10 heteroatoms. The average molecular weight is 433 g/mol. The first kappa shape index (κ1) is 23.8. The van der Waals surface area contributed by atoms with E-state index in [1.165, 1.54) is 46.3 Å². The monoisotopic (exact) mass is 433 g/mol. The van der Waals surface area contributed by atoms with E-state index in [9.17, 15) is 24.0 Å². The molecule has 2 N–H and O–H groups in total. The van der Waals surface area contributed by atoms with E-state index in [0.717, 1.165) is 0 Å². The van der Waals surface area contributed by atoms with Crippen LogP contribution in [-0.2, 0) is 19.1 Å². The van der Waals surface area contributed by atoms with Crippen LogP contribution in [0.5, 0.6) is 5.75 Å². The highest BCUT2D eigenvalue weighted by Crippen LogP contribution is 2.29. The van der Waals surface area contributed by atoms with Gasteiger partial charge in [-0.05, 0) is 32.0 Å². The van der Waals surface area contributed by atoms with Crippen molar-refractivity contribution >= 4 is 35.3 Å². The lowest BCUT2D eigenvalue weighted by Crippen LogP contribution is -2.55. The molecule has 1 aromatic rings. The molecule has 1 heterocycles. The van der Waals surface area contributed by atoms with Crippen molar-refractivity contribution in [2.75, 3.05) is 19.5 Å². The van der Waals surface area contributed by atoms with Crippen molar-refractivity contribution in [1.29, 1.82) is 0 Å². The number of rotatable bonds is 6. The number of carbonyl (C=O) groups excluding carboxylic acids is 5. The van der Waals surface area contributed by atoms with Crippen LogP contribution >= 0.6 is 0 Å². The number of hydrogen-bond acceptors (Lipinski definition) is 7. The van der Waals surface area contributed by atoms with Crippen LogP contribution in [-0.4, -0.2) is 60.3 Å². The number of amides is 4.